The second-order valence-electron chi connectivity index (χ2n) is 3.02. The third-order valence-corrected chi connectivity index (χ3v) is 1.84. The number of hydrogen-bond donors (Lipinski definition) is 1. The predicted octanol–water partition coefficient (Wildman–Crippen LogP) is 1.57. The first-order chi connectivity index (χ1) is 6.77. The molecule has 3 heteroatoms. The van der Waals surface area contributed by atoms with Crippen molar-refractivity contribution in [2.24, 2.45) is 0 Å². The van der Waals surface area contributed by atoms with Crippen molar-refractivity contribution in [3.8, 4) is 6.07 Å². The number of aryl methyl sites for hydroxylation is 1. The van der Waals surface area contributed by atoms with E-state index in [1.165, 1.54) is 0 Å². The first-order valence-corrected chi connectivity index (χ1v) is 4.46. The lowest BCUT2D eigenvalue weighted by Crippen LogP contribution is -2.06. The zero-order chi connectivity index (χ0) is 10.4. The van der Waals surface area contributed by atoms with Gasteiger partial charge in [0.05, 0.1) is 19.3 Å². The highest BCUT2D eigenvalue weighted by Gasteiger charge is 2.09. The zero-order valence-corrected chi connectivity index (χ0v) is 8.10. The Balaban J connectivity index is 2.75. The van der Waals surface area contributed by atoms with E-state index in [0.717, 1.165) is 11.1 Å². The number of aliphatic hydroxyl groups excluding tert-OH is 1. The molecule has 1 atom stereocenters. The van der Waals surface area contributed by atoms with Gasteiger partial charge in [0.1, 0.15) is 0 Å². The van der Waals surface area contributed by atoms with E-state index in [9.17, 15) is 0 Å². The minimum absolute atomic E-state index is 0.0655. The maximum Gasteiger partial charge on any atom is 0.169 e. The van der Waals surface area contributed by atoms with Crippen LogP contribution in [0.4, 0.5) is 0 Å². The highest BCUT2D eigenvalue weighted by molar-refractivity contribution is 5.27. The molecule has 0 aliphatic carbocycles. The number of ether oxygens (including phenoxy) is 1. The van der Waals surface area contributed by atoms with E-state index in [0.29, 0.717) is 0 Å². The van der Waals surface area contributed by atoms with Crippen molar-refractivity contribution in [1.82, 2.24) is 0 Å². The molecule has 1 N–H and O–H groups in total. The van der Waals surface area contributed by atoms with Crippen LogP contribution in [0.2, 0.25) is 0 Å². The fourth-order valence-corrected chi connectivity index (χ4v) is 1.21. The molecule has 0 amide bonds. The SMILES string of the molecule is Cc1cccc(C(C#N)OCCO)c1. The number of benzene rings is 1. The monoisotopic (exact) mass is 191 g/mol. The molecule has 0 aliphatic rings. The smallest absolute Gasteiger partial charge is 0.169 e. The summed E-state index contributed by atoms with van der Waals surface area (Å²) in [6, 6.07) is 9.65. The Morgan fingerprint density at radius 1 is 1.57 bits per heavy atom. The van der Waals surface area contributed by atoms with Gasteiger partial charge in [-0.3, -0.25) is 0 Å². The van der Waals surface area contributed by atoms with Crippen LogP contribution in [-0.2, 0) is 4.74 Å². The van der Waals surface area contributed by atoms with Crippen LogP contribution in [0.1, 0.15) is 17.2 Å². The predicted molar refractivity (Wildman–Crippen MR) is 52.6 cm³/mol. The van der Waals surface area contributed by atoms with E-state index in [1.54, 1.807) is 0 Å². The van der Waals surface area contributed by atoms with Gasteiger partial charge in [-0.25, -0.2) is 0 Å². The fraction of sp³-hybridized carbons (Fsp3) is 0.364. The minimum atomic E-state index is -0.581. The maximum atomic E-state index is 8.84. The molecule has 0 fully saturated rings. The van der Waals surface area contributed by atoms with Crippen LogP contribution < -0.4 is 0 Å². The average Bonchev–Trinajstić information content (AvgIpc) is 2.19. The van der Waals surface area contributed by atoms with Crippen LogP contribution in [0.15, 0.2) is 24.3 Å². The molecule has 0 heterocycles. The van der Waals surface area contributed by atoms with E-state index in [-0.39, 0.29) is 13.2 Å². The van der Waals surface area contributed by atoms with Gasteiger partial charge in [-0.2, -0.15) is 5.26 Å². The van der Waals surface area contributed by atoms with Gasteiger partial charge in [-0.15, -0.1) is 0 Å². The normalized spacial score (nSPS) is 12.1. The minimum Gasteiger partial charge on any atom is -0.394 e. The van der Waals surface area contributed by atoms with Crippen molar-refractivity contribution in [3.63, 3.8) is 0 Å². The summed E-state index contributed by atoms with van der Waals surface area (Å²) in [4.78, 5) is 0. The lowest BCUT2D eigenvalue weighted by molar-refractivity contribution is 0.0581. The van der Waals surface area contributed by atoms with Crippen LogP contribution in [0.5, 0.6) is 0 Å². The molecule has 0 saturated heterocycles. The Morgan fingerprint density at radius 3 is 2.93 bits per heavy atom. The highest BCUT2D eigenvalue weighted by Crippen LogP contribution is 2.17. The van der Waals surface area contributed by atoms with E-state index in [2.05, 4.69) is 0 Å². The second-order valence-corrected chi connectivity index (χ2v) is 3.02. The summed E-state index contributed by atoms with van der Waals surface area (Å²) in [5, 5.41) is 17.4. The summed E-state index contributed by atoms with van der Waals surface area (Å²) in [5.74, 6) is 0. The van der Waals surface area contributed by atoms with Crippen molar-refractivity contribution in [1.29, 1.82) is 5.26 Å². The van der Waals surface area contributed by atoms with Crippen LogP contribution in [0.25, 0.3) is 0 Å². The molecule has 0 radical (unpaired) electrons. The Kier molecular flexibility index (Phi) is 4.11. The molecule has 1 rings (SSSR count). The van der Waals surface area contributed by atoms with E-state index in [4.69, 9.17) is 15.1 Å². The molecular weight excluding hydrogens is 178 g/mol. The number of nitrogens with zero attached hydrogens (tertiary/aromatic N) is 1. The first kappa shape index (κ1) is 10.7. The van der Waals surface area contributed by atoms with Gasteiger partial charge in [0, 0.05) is 0 Å². The van der Waals surface area contributed by atoms with Crippen LogP contribution in [0, 0.1) is 18.3 Å². The third-order valence-electron chi connectivity index (χ3n) is 1.84. The average molecular weight is 191 g/mol. The van der Waals surface area contributed by atoms with Gasteiger partial charge in [-0.1, -0.05) is 29.8 Å². The lowest BCUT2D eigenvalue weighted by atomic mass is 10.1. The Bertz CT molecular complexity index is 330. The Hall–Kier alpha value is -1.37. The molecule has 0 saturated carbocycles. The van der Waals surface area contributed by atoms with Gasteiger partial charge in [0.15, 0.2) is 6.10 Å². The summed E-state index contributed by atoms with van der Waals surface area (Å²) in [6.07, 6.45) is -0.581. The summed E-state index contributed by atoms with van der Waals surface area (Å²) < 4.78 is 5.17. The van der Waals surface area contributed by atoms with Crippen LogP contribution >= 0.6 is 0 Å². The molecule has 0 spiro atoms. The number of aliphatic hydroxyl groups is 1. The fourth-order valence-electron chi connectivity index (χ4n) is 1.21. The highest BCUT2D eigenvalue weighted by atomic mass is 16.5. The maximum absolute atomic E-state index is 8.84. The Labute approximate surface area is 83.6 Å². The Morgan fingerprint density at radius 2 is 2.36 bits per heavy atom. The van der Waals surface area contributed by atoms with Gasteiger partial charge >= 0.3 is 0 Å². The summed E-state index contributed by atoms with van der Waals surface area (Å²) in [5.41, 5.74) is 1.93. The van der Waals surface area contributed by atoms with Crippen molar-refractivity contribution < 1.29 is 9.84 Å². The van der Waals surface area contributed by atoms with E-state index in [1.807, 2.05) is 37.3 Å². The molecule has 3 nitrogen and oxygen atoms in total. The second kappa shape index (κ2) is 5.38. The van der Waals surface area contributed by atoms with E-state index < -0.39 is 6.10 Å². The van der Waals surface area contributed by atoms with Crippen LogP contribution in [-0.4, -0.2) is 18.3 Å². The van der Waals surface area contributed by atoms with Gasteiger partial charge < -0.3 is 9.84 Å². The topological polar surface area (TPSA) is 53.2 Å². The molecule has 14 heavy (non-hydrogen) atoms. The third kappa shape index (κ3) is 2.84. The van der Waals surface area contributed by atoms with Crippen molar-refractivity contribution in [2.45, 2.75) is 13.0 Å². The van der Waals surface area contributed by atoms with Gasteiger partial charge in [-0.05, 0) is 12.5 Å². The van der Waals surface area contributed by atoms with Crippen molar-refractivity contribution >= 4 is 0 Å². The van der Waals surface area contributed by atoms with Crippen LogP contribution in [0.3, 0.4) is 0 Å². The largest absolute Gasteiger partial charge is 0.394 e. The molecule has 0 aromatic heterocycles. The summed E-state index contributed by atoms with van der Waals surface area (Å²) in [7, 11) is 0. The number of rotatable bonds is 4. The standard InChI is InChI=1S/C11H13NO2/c1-9-3-2-4-10(7-9)11(8-12)14-6-5-13/h2-4,7,11,13H,5-6H2,1H3. The molecule has 0 bridgehead atoms. The molecule has 1 unspecified atom stereocenters. The summed E-state index contributed by atoms with van der Waals surface area (Å²) >= 11 is 0. The van der Waals surface area contributed by atoms with Crippen molar-refractivity contribution in [3.05, 3.63) is 35.4 Å². The van der Waals surface area contributed by atoms with Gasteiger partial charge in [0.25, 0.3) is 0 Å². The quantitative estimate of drug-likeness (QED) is 0.785. The first-order valence-electron chi connectivity index (χ1n) is 4.46. The number of nitriles is 1. The number of hydrogen-bond acceptors (Lipinski definition) is 3. The molecule has 0 aliphatic heterocycles. The zero-order valence-electron chi connectivity index (χ0n) is 8.10. The molecule has 1 aromatic carbocycles. The van der Waals surface area contributed by atoms with E-state index >= 15 is 0 Å². The molecule has 74 valence electrons. The molecule has 1 aromatic rings. The molecular formula is C11H13NO2. The van der Waals surface area contributed by atoms with Crippen molar-refractivity contribution in [2.75, 3.05) is 13.2 Å². The van der Waals surface area contributed by atoms with Gasteiger partial charge in [0.2, 0.25) is 0 Å². The lowest BCUT2D eigenvalue weighted by Gasteiger charge is -2.10. The summed E-state index contributed by atoms with van der Waals surface area (Å²) in [6.45, 7) is 2.08.